The second-order valence-corrected chi connectivity index (χ2v) is 5.47. The third kappa shape index (κ3) is 5.86. The third-order valence-electron chi connectivity index (χ3n) is 3.56. The zero-order valence-corrected chi connectivity index (χ0v) is 15.5. The van der Waals surface area contributed by atoms with Crippen LogP contribution in [0.25, 0.3) is 0 Å². The molecule has 21 heavy (non-hydrogen) atoms. The van der Waals surface area contributed by atoms with Gasteiger partial charge < -0.3 is 19.5 Å². The van der Waals surface area contributed by atoms with Gasteiger partial charge in [0.05, 0.1) is 13.2 Å². The first-order valence-corrected chi connectivity index (χ1v) is 7.37. The van der Waals surface area contributed by atoms with Crippen molar-refractivity contribution in [2.45, 2.75) is 19.9 Å². The van der Waals surface area contributed by atoms with E-state index in [0.717, 1.165) is 38.7 Å². The molecule has 0 bridgehead atoms. The molecule has 1 saturated heterocycles. The molecule has 1 fully saturated rings. The van der Waals surface area contributed by atoms with E-state index >= 15 is 0 Å². The Morgan fingerprint density at radius 2 is 2.38 bits per heavy atom. The number of rotatable bonds is 5. The predicted octanol–water partition coefficient (Wildman–Crippen LogP) is 2.08. The van der Waals surface area contributed by atoms with E-state index < -0.39 is 0 Å². The Bertz CT molecular complexity index is 441. The number of hydrogen-bond acceptors (Lipinski definition) is 2. The molecular weight excluding hydrogens is 379 g/mol. The fraction of sp³-hybridized carbons (Fsp3) is 0.667. The molecule has 6 heteroatoms. The van der Waals surface area contributed by atoms with Crippen molar-refractivity contribution in [2.75, 3.05) is 33.4 Å². The molecule has 1 aliphatic rings. The highest BCUT2D eigenvalue weighted by atomic mass is 127. The lowest BCUT2D eigenvalue weighted by molar-refractivity contribution is 0.181. The fourth-order valence-electron chi connectivity index (χ4n) is 2.49. The van der Waals surface area contributed by atoms with Gasteiger partial charge in [-0.05, 0) is 25.0 Å². The summed E-state index contributed by atoms with van der Waals surface area (Å²) in [5.74, 6) is 1.60. The molecule has 0 aromatic carbocycles. The number of hydrogen-bond donors (Lipinski definition) is 1. The van der Waals surface area contributed by atoms with Crippen molar-refractivity contribution in [3.05, 3.63) is 24.0 Å². The summed E-state index contributed by atoms with van der Waals surface area (Å²) >= 11 is 0. The quantitative estimate of drug-likeness (QED) is 0.463. The molecule has 1 aromatic heterocycles. The maximum absolute atomic E-state index is 5.44. The highest BCUT2D eigenvalue weighted by molar-refractivity contribution is 14.0. The lowest BCUT2D eigenvalue weighted by Crippen LogP contribution is -2.41. The van der Waals surface area contributed by atoms with E-state index in [-0.39, 0.29) is 24.0 Å². The summed E-state index contributed by atoms with van der Waals surface area (Å²) in [6, 6.07) is 2.11. The molecule has 1 aromatic rings. The first kappa shape index (κ1) is 18.3. The minimum atomic E-state index is 0. The Morgan fingerprint density at radius 1 is 1.57 bits per heavy atom. The zero-order valence-electron chi connectivity index (χ0n) is 13.2. The van der Waals surface area contributed by atoms with Crippen molar-refractivity contribution in [1.82, 2.24) is 14.8 Å². The molecule has 120 valence electrons. The van der Waals surface area contributed by atoms with Crippen LogP contribution in [-0.2, 0) is 18.3 Å². The molecule has 2 heterocycles. The Morgan fingerprint density at radius 3 is 2.95 bits per heavy atom. The summed E-state index contributed by atoms with van der Waals surface area (Å²) in [7, 11) is 4.13. The van der Waals surface area contributed by atoms with Gasteiger partial charge in [0, 0.05) is 52.1 Å². The molecule has 1 aliphatic heterocycles. The molecule has 0 aliphatic carbocycles. The van der Waals surface area contributed by atoms with Crippen molar-refractivity contribution < 1.29 is 4.74 Å². The number of nitrogens with one attached hydrogen (secondary N) is 1. The molecule has 1 N–H and O–H groups in total. The van der Waals surface area contributed by atoms with Crippen LogP contribution in [0.3, 0.4) is 0 Å². The average molecular weight is 406 g/mol. The standard InChI is InChI=1S/C15H26N4O.HI/c1-4-16-15(17-9-13-5-7-18(2)10-13)19(3)11-14-6-8-20-12-14;/h5,7,10,14H,4,6,8-9,11-12H2,1-3H3,(H,16,17);1H. The zero-order chi connectivity index (χ0) is 14.4. The summed E-state index contributed by atoms with van der Waals surface area (Å²) in [4.78, 5) is 6.93. The van der Waals surface area contributed by atoms with Gasteiger partial charge in [-0.1, -0.05) is 0 Å². The molecule has 1 unspecified atom stereocenters. The van der Waals surface area contributed by atoms with E-state index in [1.165, 1.54) is 5.56 Å². The monoisotopic (exact) mass is 406 g/mol. The van der Waals surface area contributed by atoms with Gasteiger partial charge in [-0.3, -0.25) is 0 Å². The van der Waals surface area contributed by atoms with E-state index in [2.05, 4.69) is 47.2 Å². The summed E-state index contributed by atoms with van der Waals surface area (Å²) in [5, 5.41) is 3.36. The van der Waals surface area contributed by atoms with Gasteiger partial charge in [0.15, 0.2) is 5.96 Å². The van der Waals surface area contributed by atoms with Crippen LogP contribution in [0.1, 0.15) is 18.9 Å². The predicted molar refractivity (Wildman–Crippen MR) is 97.2 cm³/mol. The van der Waals surface area contributed by atoms with Gasteiger partial charge >= 0.3 is 0 Å². The van der Waals surface area contributed by atoms with Gasteiger partial charge in [-0.15, -0.1) is 24.0 Å². The minimum absolute atomic E-state index is 0. The lowest BCUT2D eigenvalue weighted by atomic mass is 10.1. The van der Waals surface area contributed by atoms with Crippen molar-refractivity contribution in [2.24, 2.45) is 18.0 Å². The van der Waals surface area contributed by atoms with Crippen LogP contribution < -0.4 is 5.32 Å². The number of aromatic nitrogens is 1. The molecule has 0 spiro atoms. The first-order chi connectivity index (χ1) is 9.69. The molecule has 5 nitrogen and oxygen atoms in total. The fourth-order valence-corrected chi connectivity index (χ4v) is 2.49. The number of guanidine groups is 1. The summed E-state index contributed by atoms with van der Waals surface area (Å²) in [5.41, 5.74) is 1.24. The van der Waals surface area contributed by atoms with E-state index in [1.54, 1.807) is 0 Å². The van der Waals surface area contributed by atoms with E-state index in [0.29, 0.717) is 12.5 Å². The maximum atomic E-state index is 5.44. The molecule has 1 atom stereocenters. The van der Waals surface area contributed by atoms with Crippen molar-refractivity contribution in [1.29, 1.82) is 0 Å². The SMILES string of the molecule is CCNC(=NCc1ccn(C)c1)N(C)CC1CCOC1.I. The number of aryl methyl sites for hydroxylation is 1. The van der Waals surface area contributed by atoms with Crippen molar-refractivity contribution >= 4 is 29.9 Å². The number of nitrogens with zero attached hydrogens (tertiary/aromatic N) is 3. The Kier molecular flexibility index (Phi) is 8.10. The van der Waals surface area contributed by atoms with Gasteiger partial charge in [0.2, 0.25) is 0 Å². The van der Waals surface area contributed by atoms with Crippen LogP contribution >= 0.6 is 24.0 Å². The minimum Gasteiger partial charge on any atom is -0.381 e. The molecule has 0 saturated carbocycles. The Labute approximate surface area is 144 Å². The van der Waals surface area contributed by atoms with Gasteiger partial charge in [-0.2, -0.15) is 0 Å². The Balaban J connectivity index is 0.00000220. The largest absolute Gasteiger partial charge is 0.381 e. The van der Waals surface area contributed by atoms with Crippen LogP contribution in [0.2, 0.25) is 0 Å². The van der Waals surface area contributed by atoms with Crippen LogP contribution in [0, 0.1) is 5.92 Å². The molecule has 2 rings (SSSR count). The van der Waals surface area contributed by atoms with Crippen LogP contribution in [-0.4, -0.2) is 48.8 Å². The highest BCUT2D eigenvalue weighted by Gasteiger charge is 2.18. The smallest absolute Gasteiger partial charge is 0.193 e. The second-order valence-electron chi connectivity index (χ2n) is 5.47. The average Bonchev–Trinajstić information content (AvgIpc) is 3.06. The van der Waals surface area contributed by atoms with Gasteiger partial charge in [0.25, 0.3) is 0 Å². The van der Waals surface area contributed by atoms with Crippen LogP contribution in [0.5, 0.6) is 0 Å². The number of halogens is 1. The van der Waals surface area contributed by atoms with Crippen LogP contribution in [0.15, 0.2) is 23.5 Å². The molecule has 0 amide bonds. The number of aliphatic imine (C=N–C) groups is 1. The lowest BCUT2D eigenvalue weighted by Gasteiger charge is -2.24. The van der Waals surface area contributed by atoms with Crippen molar-refractivity contribution in [3.8, 4) is 0 Å². The number of ether oxygens (including phenoxy) is 1. The van der Waals surface area contributed by atoms with Gasteiger partial charge in [0.1, 0.15) is 0 Å². The van der Waals surface area contributed by atoms with E-state index in [1.807, 2.05) is 7.05 Å². The first-order valence-electron chi connectivity index (χ1n) is 7.37. The summed E-state index contributed by atoms with van der Waals surface area (Å²) in [6.45, 7) is 6.48. The summed E-state index contributed by atoms with van der Waals surface area (Å²) in [6.07, 6.45) is 5.32. The van der Waals surface area contributed by atoms with E-state index in [9.17, 15) is 0 Å². The highest BCUT2D eigenvalue weighted by Crippen LogP contribution is 2.13. The molecule has 0 radical (unpaired) electrons. The second kappa shape index (κ2) is 9.30. The third-order valence-corrected chi connectivity index (χ3v) is 3.56. The van der Waals surface area contributed by atoms with Gasteiger partial charge in [-0.25, -0.2) is 4.99 Å². The maximum Gasteiger partial charge on any atom is 0.193 e. The van der Waals surface area contributed by atoms with Crippen molar-refractivity contribution in [3.63, 3.8) is 0 Å². The van der Waals surface area contributed by atoms with Crippen LogP contribution in [0.4, 0.5) is 0 Å². The topological polar surface area (TPSA) is 41.8 Å². The summed E-state index contributed by atoms with van der Waals surface area (Å²) < 4.78 is 7.49. The van der Waals surface area contributed by atoms with E-state index in [4.69, 9.17) is 9.73 Å². The normalized spacial score (nSPS) is 18.4. The molecular formula is C15H27IN4O. The Hall–Kier alpha value is -0.760.